The second kappa shape index (κ2) is 7.30. The monoisotopic (exact) mass is 236 g/mol. The molecule has 0 heterocycles. The van der Waals surface area contributed by atoms with Crippen LogP contribution in [0.2, 0.25) is 0 Å². The maximum atomic E-state index is 9.86. The minimum absolute atomic E-state index is 0.326. The average molecular weight is 236 g/mol. The third kappa shape index (κ3) is 5.20. The molecular formula is C14H24N2O. The first-order valence-corrected chi connectivity index (χ1v) is 6.30. The standard InChI is InChI=1S/C14H24N2O/c1-4-9-15-10-14(17)11-16(3)13-7-5-12(2)6-8-13/h5-8,14-15,17H,4,9-11H2,1-3H3. The van der Waals surface area contributed by atoms with Gasteiger partial charge in [-0.3, -0.25) is 0 Å². The van der Waals surface area contributed by atoms with Gasteiger partial charge in [0.05, 0.1) is 6.10 Å². The highest BCUT2D eigenvalue weighted by Gasteiger charge is 2.08. The van der Waals surface area contributed by atoms with E-state index in [1.807, 2.05) is 7.05 Å². The molecule has 0 fully saturated rings. The van der Waals surface area contributed by atoms with E-state index >= 15 is 0 Å². The highest BCUT2D eigenvalue weighted by Crippen LogP contribution is 2.13. The Hall–Kier alpha value is -1.06. The second-order valence-corrected chi connectivity index (χ2v) is 4.57. The summed E-state index contributed by atoms with van der Waals surface area (Å²) in [4.78, 5) is 2.08. The van der Waals surface area contributed by atoms with Crippen LogP contribution < -0.4 is 10.2 Å². The zero-order valence-electron chi connectivity index (χ0n) is 11.1. The molecule has 1 aromatic rings. The van der Waals surface area contributed by atoms with Crippen molar-refractivity contribution in [3.63, 3.8) is 0 Å². The number of rotatable bonds is 7. The van der Waals surface area contributed by atoms with E-state index in [0.29, 0.717) is 13.1 Å². The molecule has 17 heavy (non-hydrogen) atoms. The smallest absolute Gasteiger partial charge is 0.0839 e. The molecule has 1 atom stereocenters. The summed E-state index contributed by atoms with van der Waals surface area (Å²) in [5.41, 5.74) is 2.40. The van der Waals surface area contributed by atoms with Crippen LogP contribution in [0, 0.1) is 6.92 Å². The maximum absolute atomic E-state index is 9.86. The summed E-state index contributed by atoms with van der Waals surface area (Å²) in [6, 6.07) is 8.35. The van der Waals surface area contributed by atoms with Crippen LogP contribution >= 0.6 is 0 Å². The highest BCUT2D eigenvalue weighted by atomic mass is 16.3. The molecule has 2 N–H and O–H groups in total. The number of anilines is 1. The van der Waals surface area contributed by atoms with Gasteiger partial charge >= 0.3 is 0 Å². The van der Waals surface area contributed by atoms with E-state index in [9.17, 15) is 5.11 Å². The van der Waals surface area contributed by atoms with Gasteiger partial charge in [0.2, 0.25) is 0 Å². The van der Waals surface area contributed by atoms with Gasteiger partial charge < -0.3 is 15.3 Å². The molecule has 0 radical (unpaired) electrons. The number of likely N-dealkylation sites (N-methyl/N-ethyl adjacent to an activating group) is 1. The Bertz CT molecular complexity index is 311. The SMILES string of the molecule is CCCNCC(O)CN(C)c1ccc(C)cc1. The van der Waals surface area contributed by atoms with E-state index in [1.54, 1.807) is 0 Å². The molecule has 1 rings (SSSR count). The lowest BCUT2D eigenvalue weighted by Crippen LogP contribution is -2.36. The first kappa shape index (κ1) is 14.0. The number of nitrogens with one attached hydrogen (secondary N) is 1. The number of nitrogens with zero attached hydrogens (tertiary/aromatic N) is 1. The third-order valence-electron chi connectivity index (χ3n) is 2.77. The Morgan fingerprint density at radius 3 is 2.53 bits per heavy atom. The molecule has 0 aromatic heterocycles. The summed E-state index contributed by atoms with van der Waals surface area (Å²) in [7, 11) is 2.01. The number of aliphatic hydroxyl groups is 1. The van der Waals surface area contributed by atoms with Gasteiger partial charge in [-0.15, -0.1) is 0 Å². The van der Waals surface area contributed by atoms with Crippen LogP contribution in [0.15, 0.2) is 24.3 Å². The predicted octanol–water partition coefficient (Wildman–Crippen LogP) is 1.79. The minimum Gasteiger partial charge on any atom is -0.390 e. The number of aliphatic hydroxyl groups excluding tert-OH is 1. The van der Waals surface area contributed by atoms with Crippen molar-refractivity contribution in [2.75, 3.05) is 31.6 Å². The largest absolute Gasteiger partial charge is 0.390 e. The summed E-state index contributed by atoms with van der Waals surface area (Å²) < 4.78 is 0. The van der Waals surface area contributed by atoms with E-state index in [2.05, 4.69) is 48.3 Å². The lowest BCUT2D eigenvalue weighted by Gasteiger charge is -2.23. The van der Waals surface area contributed by atoms with Gasteiger partial charge in [-0.2, -0.15) is 0 Å². The van der Waals surface area contributed by atoms with Crippen molar-refractivity contribution < 1.29 is 5.11 Å². The van der Waals surface area contributed by atoms with Crippen LogP contribution in [0.5, 0.6) is 0 Å². The molecule has 3 heteroatoms. The molecule has 3 nitrogen and oxygen atoms in total. The van der Waals surface area contributed by atoms with Crippen molar-refractivity contribution in [2.45, 2.75) is 26.4 Å². The van der Waals surface area contributed by atoms with Crippen LogP contribution in [0.1, 0.15) is 18.9 Å². The fraction of sp³-hybridized carbons (Fsp3) is 0.571. The first-order valence-electron chi connectivity index (χ1n) is 6.30. The molecule has 0 spiro atoms. The molecule has 0 saturated heterocycles. The van der Waals surface area contributed by atoms with Gasteiger partial charge in [0.1, 0.15) is 0 Å². The van der Waals surface area contributed by atoms with Crippen molar-refractivity contribution in [1.29, 1.82) is 0 Å². The summed E-state index contributed by atoms with van der Waals surface area (Å²) in [6.45, 7) is 6.47. The van der Waals surface area contributed by atoms with Crippen molar-refractivity contribution in [3.05, 3.63) is 29.8 Å². The normalized spacial score (nSPS) is 12.5. The van der Waals surface area contributed by atoms with Crippen LogP contribution in [-0.4, -0.2) is 37.9 Å². The predicted molar refractivity (Wildman–Crippen MR) is 73.6 cm³/mol. The zero-order chi connectivity index (χ0) is 12.7. The van der Waals surface area contributed by atoms with Crippen molar-refractivity contribution in [2.24, 2.45) is 0 Å². The third-order valence-corrected chi connectivity index (χ3v) is 2.77. The minimum atomic E-state index is -0.326. The van der Waals surface area contributed by atoms with Gasteiger partial charge in [0.15, 0.2) is 0 Å². The Morgan fingerprint density at radius 1 is 1.29 bits per heavy atom. The Labute approximate surface area is 104 Å². The van der Waals surface area contributed by atoms with Crippen LogP contribution in [0.3, 0.4) is 0 Å². The van der Waals surface area contributed by atoms with Crippen molar-refractivity contribution >= 4 is 5.69 Å². The summed E-state index contributed by atoms with van der Waals surface area (Å²) in [6.07, 6.45) is 0.772. The van der Waals surface area contributed by atoms with Gasteiger partial charge in [0.25, 0.3) is 0 Å². The Morgan fingerprint density at radius 2 is 1.94 bits per heavy atom. The maximum Gasteiger partial charge on any atom is 0.0839 e. The Balaban J connectivity index is 2.37. The first-order chi connectivity index (χ1) is 8.13. The lowest BCUT2D eigenvalue weighted by atomic mass is 10.2. The van der Waals surface area contributed by atoms with E-state index < -0.39 is 0 Å². The second-order valence-electron chi connectivity index (χ2n) is 4.57. The van der Waals surface area contributed by atoms with Gasteiger partial charge in [-0.25, -0.2) is 0 Å². The van der Waals surface area contributed by atoms with Crippen molar-refractivity contribution in [3.8, 4) is 0 Å². The molecular weight excluding hydrogens is 212 g/mol. The van der Waals surface area contributed by atoms with E-state index in [1.165, 1.54) is 5.56 Å². The summed E-state index contributed by atoms with van der Waals surface area (Å²) in [5, 5.41) is 13.1. The molecule has 1 aromatic carbocycles. The summed E-state index contributed by atoms with van der Waals surface area (Å²) >= 11 is 0. The topological polar surface area (TPSA) is 35.5 Å². The number of benzene rings is 1. The summed E-state index contributed by atoms with van der Waals surface area (Å²) in [5.74, 6) is 0. The quantitative estimate of drug-likeness (QED) is 0.709. The molecule has 0 amide bonds. The van der Waals surface area contributed by atoms with E-state index in [0.717, 1.165) is 18.7 Å². The zero-order valence-corrected chi connectivity index (χ0v) is 11.1. The molecule has 0 aliphatic heterocycles. The number of hydrogen-bond acceptors (Lipinski definition) is 3. The Kier molecular flexibility index (Phi) is 6.01. The average Bonchev–Trinajstić information content (AvgIpc) is 2.30. The van der Waals surface area contributed by atoms with Gasteiger partial charge in [0, 0.05) is 25.8 Å². The van der Waals surface area contributed by atoms with Crippen LogP contribution in [-0.2, 0) is 0 Å². The lowest BCUT2D eigenvalue weighted by molar-refractivity contribution is 0.178. The fourth-order valence-electron chi connectivity index (χ4n) is 1.73. The van der Waals surface area contributed by atoms with Crippen LogP contribution in [0.25, 0.3) is 0 Å². The number of aryl methyl sites for hydroxylation is 1. The molecule has 0 aliphatic carbocycles. The van der Waals surface area contributed by atoms with E-state index in [-0.39, 0.29) is 6.10 Å². The van der Waals surface area contributed by atoms with Gasteiger partial charge in [-0.1, -0.05) is 24.6 Å². The molecule has 0 aliphatic rings. The molecule has 0 saturated carbocycles. The van der Waals surface area contributed by atoms with Gasteiger partial charge in [-0.05, 0) is 32.0 Å². The number of hydrogen-bond donors (Lipinski definition) is 2. The van der Waals surface area contributed by atoms with Crippen molar-refractivity contribution in [1.82, 2.24) is 5.32 Å². The molecule has 0 bridgehead atoms. The van der Waals surface area contributed by atoms with Crippen LogP contribution in [0.4, 0.5) is 5.69 Å². The van der Waals surface area contributed by atoms with E-state index in [4.69, 9.17) is 0 Å². The molecule has 1 unspecified atom stereocenters. The molecule has 96 valence electrons. The highest BCUT2D eigenvalue weighted by molar-refractivity contribution is 5.46. The fourth-order valence-corrected chi connectivity index (χ4v) is 1.73.